The summed E-state index contributed by atoms with van der Waals surface area (Å²) in [6, 6.07) is 15.6. The molecule has 0 fully saturated rings. The summed E-state index contributed by atoms with van der Waals surface area (Å²) in [5.74, 6) is 0.283. The van der Waals surface area contributed by atoms with Crippen LogP contribution in [0.15, 0.2) is 66.3 Å². The zero-order valence-electron chi connectivity index (χ0n) is 11.5. The monoisotopic (exact) mass is 266 g/mol. The first-order valence-electron chi connectivity index (χ1n) is 6.42. The van der Waals surface area contributed by atoms with Gasteiger partial charge >= 0.3 is 0 Å². The summed E-state index contributed by atoms with van der Waals surface area (Å²) in [5.41, 5.74) is 3.43. The SMILES string of the molecule is C=CN=CN(C)Cc1cccc(-c2ccc(O)cc2)c1. The minimum Gasteiger partial charge on any atom is -0.508 e. The van der Waals surface area contributed by atoms with E-state index in [1.165, 1.54) is 11.8 Å². The fourth-order valence-corrected chi connectivity index (χ4v) is 1.99. The minimum absolute atomic E-state index is 0.283. The van der Waals surface area contributed by atoms with Gasteiger partial charge in [0, 0.05) is 19.8 Å². The molecule has 0 aromatic heterocycles. The number of benzene rings is 2. The topological polar surface area (TPSA) is 35.8 Å². The van der Waals surface area contributed by atoms with Crippen molar-refractivity contribution in [3.8, 4) is 16.9 Å². The van der Waals surface area contributed by atoms with Crippen LogP contribution in [0.4, 0.5) is 0 Å². The number of aliphatic imine (C=N–C) groups is 1. The third-order valence-corrected chi connectivity index (χ3v) is 2.93. The van der Waals surface area contributed by atoms with Crippen LogP contribution in [0.2, 0.25) is 0 Å². The van der Waals surface area contributed by atoms with Gasteiger partial charge in [-0.15, -0.1) is 0 Å². The van der Waals surface area contributed by atoms with Crippen molar-refractivity contribution in [2.75, 3.05) is 7.05 Å². The van der Waals surface area contributed by atoms with Gasteiger partial charge in [0.1, 0.15) is 5.75 Å². The molecule has 3 heteroatoms. The van der Waals surface area contributed by atoms with E-state index in [1.807, 2.05) is 30.1 Å². The molecule has 0 spiro atoms. The maximum atomic E-state index is 9.33. The molecule has 0 heterocycles. The van der Waals surface area contributed by atoms with Crippen molar-refractivity contribution in [1.29, 1.82) is 0 Å². The molecule has 0 radical (unpaired) electrons. The molecule has 0 saturated heterocycles. The molecular weight excluding hydrogens is 248 g/mol. The largest absolute Gasteiger partial charge is 0.508 e. The van der Waals surface area contributed by atoms with E-state index in [2.05, 4.69) is 29.8 Å². The van der Waals surface area contributed by atoms with E-state index in [0.717, 1.165) is 17.7 Å². The molecule has 1 N–H and O–H groups in total. The van der Waals surface area contributed by atoms with E-state index in [4.69, 9.17) is 0 Å². The molecule has 0 atom stereocenters. The van der Waals surface area contributed by atoms with Crippen LogP contribution in [0.25, 0.3) is 11.1 Å². The lowest BCUT2D eigenvalue weighted by Crippen LogP contribution is -2.15. The fraction of sp³-hybridized carbons (Fsp3) is 0.118. The molecule has 3 nitrogen and oxygen atoms in total. The first-order chi connectivity index (χ1) is 9.69. The quantitative estimate of drug-likeness (QED) is 0.662. The predicted molar refractivity (Wildman–Crippen MR) is 83.7 cm³/mol. The second-order valence-electron chi connectivity index (χ2n) is 4.61. The molecule has 0 aliphatic heterocycles. The van der Waals surface area contributed by atoms with Crippen molar-refractivity contribution >= 4 is 6.34 Å². The van der Waals surface area contributed by atoms with Crippen molar-refractivity contribution in [2.24, 2.45) is 4.99 Å². The molecule has 0 bridgehead atoms. The Labute approximate surface area is 119 Å². The Morgan fingerprint density at radius 3 is 2.60 bits per heavy atom. The van der Waals surface area contributed by atoms with Crippen LogP contribution in [-0.4, -0.2) is 23.4 Å². The van der Waals surface area contributed by atoms with Gasteiger partial charge in [0.25, 0.3) is 0 Å². The molecule has 0 amide bonds. The molecule has 0 unspecified atom stereocenters. The maximum Gasteiger partial charge on any atom is 0.115 e. The molecule has 102 valence electrons. The highest BCUT2D eigenvalue weighted by atomic mass is 16.3. The number of phenolic OH excluding ortho intramolecular Hbond substituents is 1. The van der Waals surface area contributed by atoms with Gasteiger partial charge in [0.05, 0.1) is 6.34 Å². The number of rotatable bonds is 5. The third kappa shape index (κ3) is 3.72. The van der Waals surface area contributed by atoms with Crippen molar-refractivity contribution in [2.45, 2.75) is 6.54 Å². The van der Waals surface area contributed by atoms with Gasteiger partial charge in [-0.2, -0.15) is 0 Å². The van der Waals surface area contributed by atoms with Gasteiger partial charge in [0.2, 0.25) is 0 Å². The zero-order chi connectivity index (χ0) is 14.4. The summed E-state index contributed by atoms with van der Waals surface area (Å²) >= 11 is 0. The smallest absolute Gasteiger partial charge is 0.115 e. The lowest BCUT2D eigenvalue weighted by molar-refractivity contribution is 0.475. The number of aromatic hydroxyl groups is 1. The molecule has 0 aliphatic carbocycles. The van der Waals surface area contributed by atoms with E-state index in [1.54, 1.807) is 18.5 Å². The second-order valence-corrected chi connectivity index (χ2v) is 4.61. The summed E-state index contributed by atoms with van der Waals surface area (Å²) in [4.78, 5) is 5.99. The molecule has 0 saturated carbocycles. The maximum absolute atomic E-state index is 9.33. The van der Waals surface area contributed by atoms with Crippen LogP contribution in [-0.2, 0) is 6.54 Å². The Kier molecular flexibility index (Phi) is 4.56. The van der Waals surface area contributed by atoms with Crippen LogP contribution in [0.5, 0.6) is 5.75 Å². The Morgan fingerprint density at radius 2 is 1.90 bits per heavy atom. The molecule has 2 aromatic carbocycles. The van der Waals surface area contributed by atoms with Gasteiger partial charge in [0.15, 0.2) is 0 Å². The first-order valence-corrected chi connectivity index (χ1v) is 6.42. The van der Waals surface area contributed by atoms with Crippen LogP contribution in [0.1, 0.15) is 5.56 Å². The highest BCUT2D eigenvalue weighted by molar-refractivity contribution is 5.65. The number of hydrogen-bond donors (Lipinski definition) is 1. The lowest BCUT2D eigenvalue weighted by atomic mass is 10.0. The first kappa shape index (κ1) is 13.9. The standard InChI is InChI=1S/C17H18N2O/c1-3-18-13-19(2)12-14-5-4-6-16(11-14)15-7-9-17(20)10-8-15/h3-11,13,20H,1,12H2,2H3. The van der Waals surface area contributed by atoms with E-state index in [9.17, 15) is 5.11 Å². The Balaban J connectivity index is 2.17. The van der Waals surface area contributed by atoms with E-state index >= 15 is 0 Å². The van der Waals surface area contributed by atoms with Gasteiger partial charge in [-0.3, -0.25) is 0 Å². The van der Waals surface area contributed by atoms with E-state index in [-0.39, 0.29) is 5.75 Å². The number of phenols is 1. The normalized spacial score (nSPS) is 10.7. The van der Waals surface area contributed by atoms with Gasteiger partial charge in [-0.25, -0.2) is 4.99 Å². The molecule has 2 rings (SSSR count). The van der Waals surface area contributed by atoms with Crippen molar-refractivity contribution in [3.05, 3.63) is 66.9 Å². The van der Waals surface area contributed by atoms with Crippen LogP contribution in [0, 0.1) is 0 Å². The van der Waals surface area contributed by atoms with E-state index in [0.29, 0.717) is 0 Å². The Hall–Kier alpha value is -2.55. The van der Waals surface area contributed by atoms with Crippen LogP contribution in [0.3, 0.4) is 0 Å². The minimum atomic E-state index is 0.283. The molecular formula is C17H18N2O. The average Bonchev–Trinajstić information content (AvgIpc) is 2.46. The summed E-state index contributed by atoms with van der Waals surface area (Å²) in [7, 11) is 1.97. The fourth-order valence-electron chi connectivity index (χ4n) is 1.99. The van der Waals surface area contributed by atoms with E-state index < -0.39 is 0 Å². The summed E-state index contributed by atoms with van der Waals surface area (Å²) in [5, 5.41) is 9.33. The predicted octanol–water partition coefficient (Wildman–Crippen LogP) is 3.66. The highest BCUT2D eigenvalue weighted by Gasteiger charge is 2.01. The van der Waals surface area contributed by atoms with Crippen molar-refractivity contribution in [3.63, 3.8) is 0 Å². The summed E-state index contributed by atoms with van der Waals surface area (Å²) in [6.45, 7) is 4.34. The Morgan fingerprint density at radius 1 is 1.15 bits per heavy atom. The van der Waals surface area contributed by atoms with Gasteiger partial charge in [-0.1, -0.05) is 36.9 Å². The third-order valence-electron chi connectivity index (χ3n) is 2.93. The van der Waals surface area contributed by atoms with Gasteiger partial charge in [-0.05, 0) is 34.9 Å². The van der Waals surface area contributed by atoms with Crippen molar-refractivity contribution in [1.82, 2.24) is 4.90 Å². The Bertz CT molecular complexity index is 603. The average molecular weight is 266 g/mol. The van der Waals surface area contributed by atoms with Gasteiger partial charge < -0.3 is 10.0 Å². The number of nitrogens with zero attached hydrogens (tertiary/aromatic N) is 2. The number of hydrogen-bond acceptors (Lipinski definition) is 2. The lowest BCUT2D eigenvalue weighted by Gasteiger charge is -2.13. The summed E-state index contributed by atoms with van der Waals surface area (Å²) in [6.07, 6.45) is 3.27. The second kappa shape index (κ2) is 6.57. The molecule has 20 heavy (non-hydrogen) atoms. The van der Waals surface area contributed by atoms with Crippen molar-refractivity contribution < 1.29 is 5.11 Å². The molecule has 0 aliphatic rings. The van der Waals surface area contributed by atoms with Crippen LogP contribution >= 0.6 is 0 Å². The highest BCUT2D eigenvalue weighted by Crippen LogP contribution is 2.23. The summed E-state index contributed by atoms with van der Waals surface area (Å²) < 4.78 is 0. The zero-order valence-corrected chi connectivity index (χ0v) is 11.5. The molecule has 2 aromatic rings. The van der Waals surface area contributed by atoms with Crippen LogP contribution < -0.4 is 0 Å².